The van der Waals surface area contributed by atoms with Crippen molar-refractivity contribution in [1.29, 1.82) is 0 Å². The van der Waals surface area contributed by atoms with Crippen LogP contribution < -0.4 is 16.7 Å². The lowest BCUT2D eigenvalue weighted by atomic mass is 9.88. The maximum Gasteiger partial charge on any atom is 0.475 e. The molecule has 23 heteroatoms. The molecule has 0 radical (unpaired) electrons. The number of carboxylic acid groups (broad SMARTS) is 1. The molecule has 0 spiro atoms. The number of nitrogens with zero attached hydrogens (tertiary/aromatic N) is 5. The second-order valence-corrected chi connectivity index (χ2v) is 10.9. The lowest BCUT2D eigenvalue weighted by Crippen LogP contribution is -2.67. The number of amides is 1. The molecule has 22 nitrogen and oxygen atoms in total. The van der Waals surface area contributed by atoms with E-state index in [0.29, 0.717) is 0 Å². The second kappa shape index (κ2) is 13.6. The molecule has 10 N–H and O–H groups in total. The third-order valence-corrected chi connectivity index (χ3v) is 7.46. The Balaban J connectivity index is 1.80. The van der Waals surface area contributed by atoms with Gasteiger partial charge >= 0.3 is 19.5 Å². The molecule has 2 fully saturated rings. The number of hydrogen-bond donors (Lipinski definition) is 9. The smallest absolute Gasteiger partial charge is 0.475 e. The van der Waals surface area contributed by atoms with Crippen molar-refractivity contribution in [2.24, 2.45) is 5.11 Å². The Hall–Kier alpha value is -3.24. The molecule has 3 heterocycles. The van der Waals surface area contributed by atoms with Gasteiger partial charge in [-0.15, -0.1) is 0 Å². The number of rotatable bonds is 12. The number of carbonyl (C=O) groups excluding carboxylic acids is 1. The zero-order valence-corrected chi connectivity index (χ0v) is 23.0. The summed E-state index contributed by atoms with van der Waals surface area (Å²) in [4.78, 5) is 52.3. The zero-order chi connectivity index (χ0) is 32.3. The lowest BCUT2D eigenvalue weighted by molar-refractivity contribution is -0.287. The number of azide groups is 1. The van der Waals surface area contributed by atoms with Crippen molar-refractivity contribution in [1.82, 2.24) is 14.9 Å². The van der Waals surface area contributed by atoms with E-state index in [-0.39, 0.29) is 5.82 Å². The Morgan fingerprint density at radius 2 is 2.05 bits per heavy atom. The highest BCUT2D eigenvalue weighted by molar-refractivity contribution is 7.47. The fourth-order valence-electron chi connectivity index (χ4n) is 4.44. The maximum atomic E-state index is 12.9. The van der Waals surface area contributed by atoms with Crippen LogP contribution in [0.1, 0.15) is 19.6 Å². The third-order valence-electron chi connectivity index (χ3n) is 6.46. The maximum absolute atomic E-state index is 12.9. The van der Waals surface area contributed by atoms with Gasteiger partial charge in [0.05, 0.1) is 31.4 Å². The van der Waals surface area contributed by atoms with Crippen LogP contribution >= 0.6 is 7.82 Å². The van der Waals surface area contributed by atoms with Gasteiger partial charge in [-0.05, 0) is 11.6 Å². The molecule has 1 aromatic heterocycles. The number of ether oxygens (including phenoxy) is 2. The van der Waals surface area contributed by atoms with Gasteiger partial charge in [-0.25, -0.2) is 18.7 Å². The summed E-state index contributed by atoms with van der Waals surface area (Å²) in [6, 6.07) is -0.390. The van der Waals surface area contributed by atoms with Crippen molar-refractivity contribution in [2.45, 2.75) is 74.1 Å². The van der Waals surface area contributed by atoms with E-state index in [0.717, 1.165) is 17.7 Å². The number of aromatic nitrogens is 2. The molecule has 0 aromatic carbocycles. The minimum Gasteiger partial charge on any atom is -0.477 e. The van der Waals surface area contributed by atoms with Gasteiger partial charge in [-0.1, -0.05) is 5.11 Å². The molecule has 2 unspecified atom stereocenters. The molecule has 2 saturated heterocycles. The molecule has 1 aromatic rings. The van der Waals surface area contributed by atoms with Gasteiger partial charge < -0.3 is 56.1 Å². The Morgan fingerprint density at radius 3 is 2.63 bits per heavy atom. The normalized spacial score (nSPS) is 33.5. The molecule has 240 valence electrons. The largest absolute Gasteiger partial charge is 0.477 e. The summed E-state index contributed by atoms with van der Waals surface area (Å²) in [7, 11) is -5.54. The first-order chi connectivity index (χ1) is 20.0. The van der Waals surface area contributed by atoms with Crippen LogP contribution in [-0.2, 0) is 32.7 Å². The van der Waals surface area contributed by atoms with E-state index in [4.69, 9.17) is 29.8 Å². The lowest BCUT2D eigenvalue weighted by Gasteiger charge is -2.46. The molecule has 0 aliphatic carbocycles. The predicted octanol–water partition coefficient (Wildman–Crippen LogP) is -3.95. The molecule has 11 atom stereocenters. The van der Waals surface area contributed by atoms with Crippen LogP contribution in [0, 0.1) is 0 Å². The van der Waals surface area contributed by atoms with E-state index in [1.165, 1.54) is 6.07 Å². The SMILES string of the molecule is CC(=O)N[C@H]1C([C@@H](O)[C@@H](O)CN=[N+]=[N-])O[C@](OP(=O)(O)OC[C@H]2O[C@@H](n3ccc(N)nc3=O)[C@H](O)[C@@H]2O)(C(=O)O)C[C@@H]1O. The Labute approximate surface area is 240 Å². The monoisotopic (exact) mass is 639 g/mol. The number of aliphatic hydroxyl groups is 5. The van der Waals surface area contributed by atoms with E-state index >= 15 is 0 Å². The number of nitrogens with one attached hydrogen (secondary N) is 1. The van der Waals surface area contributed by atoms with Gasteiger partial charge in [0.25, 0.3) is 5.79 Å². The summed E-state index contributed by atoms with van der Waals surface area (Å²) < 4.78 is 33.9. The average molecular weight is 639 g/mol. The van der Waals surface area contributed by atoms with E-state index in [1.54, 1.807) is 0 Å². The van der Waals surface area contributed by atoms with Crippen LogP contribution in [0.5, 0.6) is 0 Å². The number of aliphatic carboxylic acids is 1. The fourth-order valence-corrected chi connectivity index (χ4v) is 5.39. The fraction of sp³-hybridized carbons (Fsp3) is 0.700. The summed E-state index contributed by atoms with van der Waals surface area (Å²) in [6.45, 7) is -0.763. The zero-order valence-electron chi connectivity index (χ0n) is 22.1. The highest BCUT2D eigenvalue weighted by Gasteiger charge is 2.59. The van der Waals surface area contributed by atoms with Crippen molar-refractivity contribution in [3.8, 4) is 0 Å². The van der Waals surface area contributed by atoms with Crippen molar-refractivity contribution in [3.05, 3.63) is 33.2 Å². The number of hydrogen-bond acceptors (Lipinski definition) is 16. The minimum absolute atomic E-state index is 0.140. The van der Waals surface area contributed by atoms with Gasteiger partial charge in [0.2, 0.25) is 5.91 Å². The Bertz CT molecular complexity index is 1340. The number of carboxylic acids is 1. The molecule has 3 rings (SSSR count). The van der Waals surface area contributed by atoms with Gasteiger partial charge in [0, 0.05) is 24.5 Å². The highest BCUT2D eigenvalue weighted by Crippen LogP contribution is 2.51. The summed E-state index contributed by atoms with van der Waals surface area (Å²) in [5.41, 5.74) is 12.9. The second-order valence-electron chi connectivity index (χ2n) is 9.55. The number of phosphoric acid groups is 1. The number of phosphoric ester groups is 1. The predicted molar refractivity (Wildman–Crippen MR) is 135 cm³/mol. The van der Waals surface area contributed by atoms with Crippen LogP contribution in [0.4, 0.5) is 5.82 Å². The number of carbonyl (C=O) groups is 2. The topological polar surface area (TPSA) is 351 Å². The molecule has 2 aliphatic heterocycles. The summed E-state index contributed by atoms with van der Waals surface area (Å²) in [6.07, 6.45) is -14.7. The standard InChI is InChI=1S/C20H30N7O15P/c1-7(28)24-12-8(29)4-20(18(34)35,41-16(12)13(31)9(30)5-23-26-22)42-43(37,38)39-6-10-14(32)15(33)17(40-10)27-3-2-11(21)25-19(27)36/h2-3,8-10,12-17,29-33H,4-6H2,1H3,(H,24,28)(H,34,35)(H,37,38)(H2,21,25,36)/t8-,9-,10+,12+,13-,14+,15+,16?,17+,20+/m0/s1. The molecule has 1 amide bonds. The van der Waals surface area contributed by atoms with E-state index < -0.39 is 106 Å². The van der Waals surface area contributed by atoms with Crippen molar-refractivity contribution >= 4 is 25.5 Å². The van der Waals surface area contributed by atoms with Gasteiger partial charge in [0.15, 0.2) is 6.23 Å². The number of nitrogens with two attached hydrogens (primary N) is 1. The first-order valence-electron chi connectivity index (χ1n) is 12.3. The minimum atomic E-state index is -5.54. The summed E-state index contributed by atoms with van der Waals surface area (Å²) in [5.74, 6) is -6.25. The quantitative estimate of drug-likeness (QED) is 0.0456. The van der Waals surface area contributed by atoms with Crippen LogP contribution in [-0.4, -0.2) is 125 Å². The average Bonchev–Trinajstić information content (AvgIpc) is 3.19. The highest BCUT2D eigenvalue weighted by atomic mass is 31.2. The van der Waals surface area contributed by atoms with Gasteiger partial charge in [-0.2, -0.15) is 4.98 Å². The van der Waals surface area contributed by atoms with Crippen LogP contribution in [0.25, 0.3) is 10.4 Å². The number of anilines is 1. The number of nitrogen functional groups attached to an aromatic ring is 1. The van der Waals surface area contributed by atoms with Crippen LogP contribution in [0.2, 0.25) is 0 Å². The molecule has 2 aliphatic rings. The van der Waals surface area contributed by atoms with E-state index in [1.807, 2.05) is 0 Å². The van der Waals surface area contributed by atoms with E-state index in [2.05, 4.69) is 20.3 Å². The molecule has 0 saturated carbocycles. The van der Waals surface area contributed by atoms with Gasteiger partial charge in [-0.3, -0.25) is 13.9 Å². The van der Waals surface area contributed by atoms with Gasteiger partial charge in [0.1, 0.15) is 36.3 Å². The Morgan fingerprint density at radius 1 is 1.37 bits per heavy atom. The first-order valence-corrected chi connectivity index (χ1v) is 13.8. The van der Waals surface area contributed by atoms with Crippen molar-refractivity contribution in [3.63, 3.8) is 0 Å². The molecular weight excluding hydrogens is 609 g/mol. The summed E-state index contributed by atoms with van der Waals surface area (Å²) >= 11 is 0. The first kappa shape index (κ1) is 34.3. The molecule has 43 heavy (non-hydrogen) atoms. The number of aliphatic hydroxyl groups excluding tert-OH is 5. The molecular formula is C20H30N7O15P. The van der Waals surface area contributed by atoms with Crippen molar-refractivity contribution < 1.29 is 68.2 Å². The third kappa shape index (κ3) is 7.84. The van der Waals surface area contributed by atoms with Crippen molar-refractivity contribution in [2.75, 3.05) is 18.9 Å². The van der Waals surface area contributed by atoms with Crippen LogP contribution in [0.15, 0.2) is 22.2 Å². The summed E-state index contributed by atoms with van der Waals surface area (Å²) in [5, 5.41) is 67.3. The molecule has 0 bridgehead atoms. The van der Waals surface area contributed by atoms with Crippen LogP contribution in [0.3, 0.4) is 0 Å². The van der Waals surface area contributed by atoms with E-state index in [9.17, 15) is 54.5 Å². The Kier molecular flexibility index (Phi) is 10.8.